The van der Waals surface area contributed by atoms with Gasteiger partial charge in [0.25, 0.3) is 5.91 Å². The molecule has 1 heterocycles. The summed E-state index contributed by atoms with van der Waals surface area (Å²) in [6.45, 7) is 0.924. The normalized spacial score (nSPS) is 20.7. The van der Waals surface area contributed by atoms with Gasteiger partial charge in [0.15, 0.2) is 6.61 Å². The molecule has 3 atom stereocenters. The summed E-state index contributed by atoms with van der Waals surface area (Å²) in [5.74, 6) is -1.42. The van der Waals surface area contributed by atoms with E-state index in [4.69, 9.17) is 9.47 Å². The van der Waals surface area contributed by atoms with Gasteiger partial charge in [0, 0.05) is 11.8 Å². The lowest BCUT2D eigenvalue weighted by molar-refractivity contribution is -0.159. The van der Waals surface area contributed by atoms with Gasteiger partial charge in [0.2, 0.25) is 11.8 Å². The quantitative estimate of drug-likeness (QED) is 0.512. The SMILES string of the molecule is CC(C(=O)OCC(=O)Nc1cccc(Oc2ccccc2)c1)N1C(=O)C2CCCCC2C1=O. The molecule has 172 valence electrons. The minimum absolute atomic E-state index is 0.311. The summed E-state index contributed by atoms with van der Waals surface area (Å²) in [5, 5.41) is 2.65. The molecule has 1 saturated heterocycles. The molecule has 0 radical (unpaired) electrons. The van der Waals surface area contributed by atoms with Gasteiger partial charge in [0.05, 0.1) is 11.8 Å². The van der Waals surface area contributed by atoms with Gasteiger partial charge in [-0.15, -0.1) is 0 Å². The molecule has 2 fully saturated rings. The van der Waals surface area contributed by atoms with Gasteiger partial charge in [0.1, 0.15) is 17.5 Å². The molecule has 33 heavy (non-hydrogen) atoms. The summed E-state index contributed by atoms with van der Waals surface area (Å²) in [7, 11) is 0. The van der Waals surface area contributed by atoms with Crippen LogP contribution >= 0.6 is 0 Å². The van der Waals surface area contributed by atoms with Crippen molar-refractivity contribution in [3.05, 3.63) is 54.6 Å². The monoisotopic (exact) mass is 450 g/mol. The predicted molar refractivity (Wildman–Crippen MR) is 119 cm³/mol. The molecule has 8 nitrogen and oxygen atoms in total. The van der Waals surface area contributed by atoms with Crippen LogP contribution in [0.3, 0.4) is 0 Å². The molecule has 2 aliphatic rings. The molecule has 1 aliphatic heterocycles. The Balaban J connectivity index is 1.30. The van der Waals surface area contributed by atoms with E-state index in [1.165, 1.54) is 6.92 Å². The van der Waals surface area contributed by atoms with Crippen molar-refractivity contribution in [2.45, 2.75) is 38.6 Å². The molecule has 1 aliphatic carbocycles. The lowest BCUT2D eigenvalue weighted by Crippen LogP contribution is -2.45. The number of nitrogens with one attached hydrogen (secondary N) is 1. The third-order valence-corrected chi connectivity index (χ3v) is 6.05. The van der Waals surface area contributed by atoms with Gasteiger partial charge < -0.3 is 14.8 Å². The number of carbonyl (C=O) groups is 4. The predicted octanol–water partition coefficient (Wildman–Crippen LogP) is 3.52. The number of likely N-dealkylation sites (tertiary alicyclic amines) is 1. The fraction of sp³-hybridized carbons (Fsp3) is 0.360. The highest BCUT2D eigenvalue weighted by molar-refractivity contribution is 6.08. The van der Waals surface area contributed by atoms with Crippen LogP contribution < -0.4 is 10.1 Å². The third-order valence-electron chi connectivity index (χ3n) is 6.05. The van der Waals surface area contributed by atoms with Crippen molar-refractivity contribution in [2.75, 3.05) is 11.9 Å². The van der Waals surface area contributed by atoms with Crippen LogP contribution in [-0.2, 0) is 23.9 Å². The fourth-order valence-corrected chi connectivity index (χ4v) is 4.39. The second-order valence-electron chi connectivity index (χ2n) is 8.32. The number of amides is 3. The average Bonchev–Trinajstić information content (AvgIpc) is 3.08. The molecule has 2 aromatic carbocycles. The Morgan fingerprint density at radius 2 is 1.61 bits per heavy atom. The Morgan fingerprint density at radius 1 is 0.970 bits per heavy atom. The Labute approximate surface area is 191 Å². The van der Waals surface area contributed by atoms with Crippen molar-refractivity contribution in [3.8, 4) is 11.5 Å². The number of hydrogen-bond acceptors (Lipinski definition) is 6. The molecular formula is C25H26N2O6. The van der Waals surface area contributed by atoms with E-state index in [0.29, 0.717) is 30.0 Å². The lowest BCUT2D eigenvalue weighted by atomic mass is 9.81. The Hall–Kier alpha value is -3.68. The fourth-order valence-electron chi connectivity index (χ4n) is 4.39. The maximum atomic E-state index is 12.6. The highest BCUT2D eigenvalue weighted by atomic mass is 16.5. The summed E-state index contributed by atoms with van der Waals surface area (Å²) in [6.07, 6.45) is 3.15. The minimum atomic E-state index is -1.06. The molecule has 0 bridgehead atoms. The van der Waals surface area contributed by atoms with Gasteiger partial charge in [-0.05, 0) is 44.0 Å². The van der Waals surface area contributed by atoms with Crippen molar-refractivity contribution in [1.82, 2.24) is 4.90 Å². The third kappa shape index (κ3) is 5.05. The maximum Gasteiger partial charge on any atom is 0.329 e. The first-order valence-electron chi connectivity index (χ1n) is 11.1. The van der Waals surface area contributed by atoms with Crippen LogP contribution in [0, 0.1) is 11.8 Å². The summed E-state index contributed by atoms with van der Waals surface area (Å²) < 4.78 is 10.8. The number of esters is 1. The van der Waals surface area contributed by atoms with E-state index in [0.717, 1.165) is 17.7 Å². The molecule has 2 aromatic rings. The molecule has 1 N–H and O–H groups in total. The number of rotatable bonds is 7. The van der Waals surface area contributed by atoms with E-state index >= 15 is 0 Å². The smallest absolute Gasteiger partial charge is 0.329 e. The number of hydrogen-bond donors (Lipinski definition) is 1. The van der Waals surface area contributed by atoms with Gasteiger partial charge in [-0.3, -0.25) is 19.3 Å². The zero-order chi connectivity index (χ0) is 23.4. The zero-order valence-electron chi connectivity index (χ0n) is 18.4. The largest absolute Gasteiger partial charge is 0.457 e. The van der Waals surface area contributed by atoms with E-state index in [9.17, 15) is 19.2 Å². The molecule has 0 spiro atoms. The zero-order valence-corrected chi connectivity index (χ0v) is 18.4. The lowest BCUT2D eigenvalue weighted by Gasteiger charge is -2.21. The number of nitrogens with zero attached hydrogens (tertiary/aromatic N) is 1. The van der Waals surface area contributed by atoms with E-state index in [2.05, 4.69) is 5.32 Å². The maximum absolute atomic E-state index is 12.6. The first-order valence-corrected chi connectivity index (χ1v) is 11.1. The van der Waals surface area contributed by atoms with Gasteiger partial charge in [-0.25, -0.2) is 4.79 Å². The van der Waals surface area contributed by atoms with Crippen molar-refractivity contribution in [1.29, 1.82) is 0 Å². The van der Waals surface area contributed by atoms with E-state index in [-0.39, 0.29) is 23.7 Å². The molecule has 0 aromatic heterocycles. The Morgan fingerprint density at radius 3 is 2.27 bits per heavy atom. The highest BCUT2D eigenvalue weighted by Gasteiger charge is 2.51. The highest BCUT2D eigenvalue weighted by Crippen LogP contribution is 2.38. The van der Waals surface area contributed by atoms with Crippen molar-refractivity contribution >= 4 is 29.4 Å². The number of benzene rings is 2. The Bertz CT molecular complexity index is 1030. The topological polar surface area (TPSA) is 102 Å². The summed E-state index contributed by atoms with van der Waals surface area (Å²) >= 11 is 0. The summed E-state index contributed by atoms with van der Waals surface area (Å²) in [6, 6.07) is 15.0. The van der Waals surface area contributed by atoms with Crippen molar-refractivity contribution < 1.29 is 28.7 Å². The van der Waals surface area contributed by atoms with Crippen LogP contribution in [0.5, 0.6) is 11.5 Å². The number of imide groups is 1. The van der Waals surface area contributed by atoms with Gasteiger partial charge in [-0.1, -0.05) is 37.1 Å². The van der Waals surface area contributed by atoms with Crippen LogP contribution in [0.25, 0.3) is 0 Å². The summed E-state index contributed by atoms with van der Waals surface area (Å²) in [5.41, 5.74) is 0.478. The number of ether oxygens (including phenoxy) is 2. The van der Waals surface area contributed by atoms with Crippen LogP contribution in [0.15, 0.2) is 54.6 Å². The van der Waals surface area contributed by atoms with Crippen LogP contribution in [0.4, 0.5) is 5.69 Å². The molecule has 1 saturated carbocycles. The molecule has 8 heteroatoms. The number of anilines is 1. The minimum Gasteiger partial charge on any atom is -0.457 e. The summed E-state index contributed by atoms with van der Waals surface area (Å²) in [4.78, 5) is 51.1. The number of carbonyl (C=O) groups excluding carboxylic acids is 4. The number of fused-ring (bicyclic) bond motifs is 1. The van der Waals surface area contributed by atoms with Crippen molar-refractivity contribution in [2.24, 2.45) is 11.8 Å². The van der Waals surface area contributed by atoms with Crippen LogP contribution in [-0.4, -0.2) is 41.2 Å². The molecule has 3 amide bonds. The average molecular weight is 450 g/mol. The number of para-hydroxylation sites is 1. The van der Waals surface area contributed by atoms with E-state index in [1.54, 1.807) is 24.3 Å². The molecule has 3 unspecified atom stereocenters. The second kappa shape index (κ2) is 9.85. The second-order valence-corrected chi connectivity index (χ2v) is 8.32. The van der Waals surface area contributed by atoms with Crippen LogP contribution in [0.2, 0.25) is 0 Å². The van der Waals surface area contributed by atoms with E-state index in [1.807, 2.05) is 30.3 Å². The molecular weight excluding hydrogens is 424 g/mol. The van der Waals surface area contributed by atoms with Gasteiger partial charge in [-0.2, -0.15) is 0 Å². The molecule has 4 rings (SSSR count). The van der Waals surface area contributed by atoms with E-state index < -0.39 is 24.5 Å². The van der Waals surface area contributed by atoms with Gasteiger partial charge >= 0.3 is 5.97 Å². The first kappa shape index (κ1) is 22.5. The van der Waals surface area contributed by atoms with Crippen molar-refractivity contribution in [3.63, 3.8) is 0 Å². The standard InChI is InChI=1S/C25H26N2O6/c1-16(27-23(29)20-12-5-6-13-21(20)24(27)30)25(31)32-15-22(28)26-17-8-7-11-19(14-17)33-18-9-3-2-4-10-18/h2-4,7-11,14,16,20-21H,5-6,12-13,15H2,1H3,(H,26,28). The Kier molecular flexibility index (Phi) is 6.72. The van der Waals surface area contributed by atoms with Crippen LogP contribution in [0.1, 0.15) is 32.6 Å². The first-order chi connectivity index (χ1) is 15.9.